The van der Waals surface area contributed by atoms with E-state index in [1.165, 1.54) is 12.1 Å². The summed E-state index contributed by atoms with van der Waals surface area (Å²) < 4.78 is 25.9. The Labute approximate surface area is 154 Å². The molecule has 26 heavy (non-hydrogen) atoms. The molecule has 2 saturated heterocycles. The summed E-state index contributed by atoms with van der Waals surface area (Å²) in [6.07, 6.45) is 3.31. The van der Waals surface area contributed by atoms with E-state index >= 15 is 0 Å². The number of rotatable bonds is 3. The number of hydrogen-bond donors (Lipinski definition) is 1. The van der Waals surface area contributed by atoms with Crippen molar-refractivity contribution < 1.29 is 18.2 Å². The van der Waals surface area contributed by atoms with E-state index < -0.39 is 21.5 Å². The molecular weight excluding hydrogens is 357 g/mol. The van der Waals surface area contributed by atoms with Gasteiger partial charge in [-0.2, -0.15) is 0 Å². The molecule has 0 bridgehead atoms. The molecule has 1 unspecified atom stereocenters. The summed E-state index contributed by atoms with van der Waals surface area (Å²) in [7, 11) is -1.22. The van der Waals surface area contributed by atoms with Crippen molar-refractivity contribution in [3.8, 4) is 0 Å². The SMILES string of the molecule is O=C(Nc1cccc(F)c1)N1CCC2(CC1)N(CC1CC1)C(=O)CS2=O. The molecule has 1 N–H and O–H groups in total. The van der Waals surface area contributed by atoms with Crippen molar-refractivity contribution in [1.29, 1.82) is 0 Å². The summed E-state index contributed by atoms with van der Waals surface area (Å²) in [4.78, 5) is 27.6. The number of hydrogen-bond acceptors (Lipinski definition) is 3. The van der Waals surface area contributed by atoms with E-state index in [-0.39, 0.29) is 17.7 Å². The predicted molar refractivity (Wildman–Crippen MR) is 96.4 cm³/mol. The normalized spacial score (nSPS) is 25.0. The minimum atomic E-state index is -1.22. The number of halogens is 1. The van der Waals surface area contributed by atoms with Gasteiger partial charge in [0.05, 0.1) is 10.8 Å². The molecule has 1 spiro atoms. The van der Waals surface area contributed by atoms with Gasteiger partial charge in [0.25, 0.3) is 0 Å². The highest BCUT2D eigenvalue weighted by Crippen LogP contribution is 2.41. The highest BCUT2D eigenvalue weighted by molar-refractivity contribution is 7.87. The fourth-order valence-corrected chi connectivity index (χ4v) is 5.54. The quantitative estimate of drug-likeness (QED) is 0.875. The first-order chi connectivity index (χ1) is 12.5. The van der Waals surface area contributed by atoms with E-state index in [4.69, 9.17) is 0 Å². The van der Waals surface area contributed by atoms with E-state index in [2.05, 4.69) is 5.32 Å². The molecule has 0 radical (unpaired) electrons. The van der Waals surface area contributed by atoms with Crippen LogP contribution in [-0.4, -0.2) is 56.2 Å². The zero-order valence-electron chi connectivity index (χ0n) is 14.4. The molecule has 140 valence electrons. The summed E-state index contributed by atoms with van der Waals surface area (Å²) in [5, 5.41) is 2.70. The van der Waals surface area contributed by atoms with E-state index in [0.29, 0.717) is 44.1 Å². The number of carbonyl (C=O) groups excluding carboxylic acids is 2. The van der Waals surface area contributed by atoms with Crippen LogP contribution in [0.25, 0.3) is 0 Å². The highest BCUT2D eigenvalue weighted by Gasteiger charge is 2.54. The molecule has 3 fully saturated rings. The Morgan fingerprint density at radius 3 is 2.69 bits per heavy atom. The maximum atomic E-state index is 13.3. The van der Waals surface area contributed by atoms with Crippen LogP contribution < -0.4 is 5.32 Å². The van der Waals surface area contributed by atoms with E-state index in [1.807, 2.05) is 4.90 Å². The molecule has 4 rings (SSSR count). The van der Waals surface area contributed by atoms with Crippen LogP contribution in [0.4, 0.5) is 14.9 Å². The lowest BCUT2D eigenvalue weighted by atomic mass is 10.0. The zero-order valence-corrected chi connectivity index (χ0v) is 15.3. The van der Waals surface area contributed by atoms with Crippen LogP contribution in [-0.2, 0) is 15.6 Å². The van der Waals surface area contributed by atoms with Crippen molar-refractivity contribution in [2.75, 3.05) is 30.7 Å². The molecule has 0 aromatic heterocycles. The van der Waals surface area contributed by atoms with Gasteiger partial charge in [-0.05, 0) is 37.0 Å². The number of benzene rings is 1. The Balaban J connectivity index is 1.41. The third-order valence-corrected chi connectivity index (χ3v) is 7.50. The molecule has 2 heterocycles. The Kier molecular flexibility index (Phi) is 4.46. The summed E-state index contributed by atoms with van der Waals surface area (Å²) >= 11 is 0. The molecule has 2 aliphatic heterocycles. The molecule has 8 heteroatoms. The number of anilines is 1. The van der Waals surface area contributed by atoms with Crippen molar-refractivity contribution >= 4 is 28.4 Å². The Hall–Kier alpha value is -1.96. The second kappa shape index (κ2) is 6.64. The summed E-state index contributed by atoms with van der Waals surface area (Å²) in [5.74, 6) is 0.214. The standard InChI is InChI=1S/C18H22FN3O3S/c19-14-2-1-3-15(10-14)20-17(24)21-8-6-18(7-9-21)22(11-13-4-5-13)16(23)12-26(18)25/h1-3,10,13H,4-9,11-12H2,(H,20,24). The van der Waals surface area contributed by atoms with Gasteiger partial charge in [-0.25, -0.2) is 9.18 Å². The third-order valence-electron chi connectivity index (χ3n) is 5.52. The average molecular weight is 379 g/mol. The third kappa shape index (κ3) is 3.22. The van der Waals surface area contributed by atoms with E-state index in [0.717, 1.165) is 12.8 Å². The van der Waals surface area contributed by atoms with Gasteiger partial charge in [-0.3, -0.25) is 9.00 Å². The van der Waals surface area contributed by atoms with Crippen molar-refractivity contribution in [2.24, 2.45) is 5.92 Å². The van der Waals surface area contributed by atoms with Crippen LogP contribution in [0.2, 0.25) is 0 Å². The summed E-state index contributed by atoms with van der Waals surface area (Å²) in [5.41, 5.74) is 0.408. The summed E-state index contributed by atoms with van der Waals surface area (Å²) in [6, 6.07) is 5.47. The average Bonchev–Trinajstić information content (AvgIpc) is 3.40. The first-order valence-electron chi connectivity index (χ1n) is 8.98. The molecular formula is C18H22FN3O3S. The van der Waals surface area contributed by atoms with Crippen LogP contribution in [0.1, 0.15) is 25.7 Å². The maximum absolute atomic E-state index is 13.3. The Bertz CT molecular complexity index is 760. The Morgan fingerprint density at radius 1 is 1.31 bits per heavy atom. The maximum Gasteiger partial charge on any atom is 0.321 e. The van der Waals surface area contributed by atoms with Crippen LogP contribution >= 0.6 is 0 Å². The van der Waals surface area contributed by atoms with Gasteiger partial charge in [-0.15, -0.1) is 0 Å². The summed E-state index contributed by atoms with van der Waals surface area (Å²) in [6.45, 7) is 1.56. The molecule has 3 aliphatic rings. The number of urea groups is 1. The second-order valence-electron chi connectivity index (χ2n) is 7.31. The monoisotopic (exact) mass is 379 g/mol. The van der Waals surface area contributed by atoms with Crippen molar-refractivity contribution in [2.45, 2.75) is 30.6 Å². The largest absolute Gasteiger partial charge is 0.324 e. The molecule has 3 amide bonds. The lowest BCUT2D eigenvalue weighted by Crippen LogP contribution is -2.56. The molecule has 1 saturated carbocycles. The first kappa shape index (κ1) is 17.5. The van der Waals surface area contributed by atoms with Crippen LogP contribution in [0.5, 0.6) is 0 Å². The van der Waals surface area contributed by atoms with Gasteiger partial charge in [0.1, 0.15) is 16.4 Å². The minimum Gasteiger partial charge on any atom is -0.324 e. The molecule has 1 aromatic carbocycles. The van der Waals surface area contributed by atoms with E-state index in [9.17, 15) is 18.2 Å². The van der Waals surface area contributed by atoms with Gasteiger partial charge in [0.2, 0.25) is 5.91 Å². The van der Waals surface area contributed by atoms with Gasteiger partial charge in [0.15, 0.2) is 0 Å². The smallest absolute Gasteiger partial charge is 0.321 e. The molecule has 1 aromatic rings. The van der Waals surface area contributed by atoms with Gasteiger partial charge >= 0.3 is 6.03 Å². The zero-order chi connectivity index (χ0) is 18.3. The molecule has 1 atom stereocenters. The van der Waals surface area contributed by atoms with Crippen LogP contribution in [0.15, 0.2) is 24.3 Å². The van der Waals surface area contributed by atoms with Crippen molar-refractivity contribution in [1.82, 2.24) is 9.80 Å². The van der Waals surface area contributed by atoms with Gasteiger partial charge in [-0.1, -0.05) is 6.07 Å². The van der Waals surface area contributed by atoms with Gasteiger partial charge in [0, 0.05) is 38.2 Å². The van der Waals surface area contributed by atoms with Crippen LogP contribution in [0.3, 0.4) is 0 Å². The van der Waals surface area contributed by atoms with Gasteiger partial charge < -0.3 is 15.1 Å². The molecule has 1 aliphatic carbocycles. The fourth-order valence-electron chi connectivity index (χ4n) is 3.83. The number of likely N-dealkylation sites (tertiary alicyclic amines) is 1. The number of carbonyl (C=O) groups is 2. The lowest BCUT2D eigenvalue weighted by Gasteiger charge is -2.43. The van der Waals surface area contributed by atoms with Crippen molar-refractivity contribution in [3.05, 3.63) is 30.1 Å². The fraction of sp³-hybridized carbons (Fsp3) is 0.556. The van der Waals surface area contributed by atoms with E-state index in [1.54, 1.807) is 17.0 Å². The number of nitrogens with zero attached hydrogens (tertiary/aromatic N) is 2. The Morgan fingerprint density at radius 2 is 2.04 bits per heavy atom. The number of piperidine rings is 1. The predicted octanol–water partition coefficient (Wildman–Crippen LogP) is 2.15. The molecule has 6 nitrogen and oxygen atoms in total. The van der Waals surface area contributed by atoms with Crippen LogP contribution in [0, 0.1) is 11.7 Å². The highest BCUT2D eigenvalue weighted by atomic mass is 32.2. The number of nitrogens with one attached hydrogen (secondary N) is 1. The van der Waals surface area contributed by atoms with Crippen molar-refractivity contribution in [3.63, 3.8) is 0 Å². The lowest BCUT2D eigenvalue weighted by molar-refractivity contribution is -0.131. The topological polar surface area (TPSA) is 69.7 Å². The first-order valence-corrected chi connectivity index (χ1v) is 10.3. The second-order valence-corrected chi connectivity index (χ2v) is 9.05. The minimum absolute atomic E-state index is 0.0205. The number of amides is 3.